The summed E-state index contributed by atoms with van der Waals surface area (Å²) in [7, 11) is 0. The van der Waals surface area contributed by atoms with Crippen LogP contribution in [0.15, 0.2) is 4.52 Å². The molecule has 1 amide bonds. The Hall–Kier alpha value is -1.39. The second kappa shape index (κ2) is 2.95. The van der Waals surface area contributed by atoms with Gasteiger partial charge in [-0.05, 0) is 0 Å². The van der Waals surface area contributed by atoms with Gasteiger partial charge in [0.1, 0.15) is 0 Å². The molecule has 0 aliphatic rings. The van der Waals surface area contributed by atoms with E-state index >= 15 is 0 Å². The van der Waals surface area contributed by atoms with Crippen molar-refractivity contribution in [2.45, 2.75) is 13.5 Å². The number of carbonyl (C=O) groups excluding carboxylic acids is 1. The molecule has 1 N–H and O–H groups in total. The van der Waals surface area contributed by atoms with E-state index in [9.17, 15) is 4.79 Å². The summed E-state index contributed by atoms with van der Waals surface area (Å²) in [5, 5.41) is 5.96. The van der Waals surface area contributed by atoms with Gasteiger partial charge in [-0.3, -0.25) is 4.79 Å². The molecule has 5 nitrogen and oxygen atoms in total. The highest BCUT2D eigenvalue weighted by molar-refractivity contribution is 5.45. The van der Waals surface area contributed by atoms with Crippen molar-refractivity contribution in [3.8, 4) is 0 Å². The third-order valence-electron chi connectivity index (χ3n) is 0.913. The molecule has 54 valence electrons. The molecule has 0 aliphatic carbocycles. The summed E-state index contributed by atoms with van der Waals surface area (Å²) in [6, 6.07) is 0. The lowest BCUT2D eigenvalue weighted by Gasteiger charge is -1.86. The SMILES string of the molecule is Cc1nc(CNC=O)no1. The number of hydrogen-bond acceptors (Lipinski definition) is 4. The average Bonchev–Trinajstić information content (AvgIpc) is 2.31. The van der Waals surface area contributed by atoms with E-state index in [1.165, 1.54) is 0 Å². The van der Waals surface area contributed by atoms with Crippen LogP contribution in [0.4, 0.5) is 0 Å². The minimum Gasteiger partial charge on any atom is -0.351 e. The van der Waals surface area contributed by atoms with Gasteiger partial charge in [-0.2, -0.15) is 4.98 Å². The highest BCUT2D eigenvalue weighted by Crippen LogP contribution is 1.92. The first-order valence-corrected chi connectivity index (χ1v) is 2.79. The van der Waals surface area contributed by atoms with E-state index in [0.29, 0.717) is 24.7 Å². The minimum absolute atomic E-state index is 0.320. The first-order chi connectivity index (χ1) is 4.83. The van der Waals surface area contributed by atoms with Crippen LogP contribution in [0.1, 0.15) is 11.7 Å². The lowest BCUT2D eigenvalue weighted by molar-refractivity contribution is -0.109. The van der Waals surface area contributed by atoms with Gasteiger partial charge in [-0.1, -0.05) is 5.16 Å². The number of rotatable bonds is 3. The van der Waals surface area contributed by atoms with Gasteiger partial charge in [0.15, 0.2) is 5.82 Å². The Morgan fingerprint density at radius 2 is 2.60 bits per heavy atom. The second-order valence-corrected chi connectivity index (χ2v) is 1.73. The maximum Gasteiger partial charge on any atom is 0.223 e. The predicted octanol–water partition coefficient (Wildman–Crippen LogP) is -0.376. The van der Waals surface area contributed by atoms with Crippen molar-refractivity contribution in [1.29, 1.82) is 0 Å². The van der Waals surface area contributed by atoms with Gasteiger partial charge in [0.05, 0.1) is 6.54 Å². The van der Waals surface area contributed by atoms with Crippen LogP contribution in [0.2, 0.25) is 0 Å². The van der Waals surface area contributed by atoms with E-state index in [1.54, 1.807) is 6.92 Å². The Bertz CT molecular complexity index is 220. The van der Waals surface area contributed by atoms with E-state index in [2.05, 4.69) is 20.0 Å². The third kappa shape index (κ3) is 1.54. The Morgan fingerprint density at radius 3 is 3.10 bits per heavy atom. The standard InChI is InChI=1S/C5H7N3O2/c1-4-7-5(8-10-4)2-6-3-9/h3H,2H2,1H3,(H,6,9). The highest BCUT2D eigenvalue weighted by Gasteiger charge is 1.98. The number of nitrogens with zero attached hydrogens (tertiary/aromatic N) is 2. The van der Waals surface area contributed by atoms with E-state index in [-0.39, 0.29) is 0 Å². The van der Waals surface area contributed by atoms with Crippen LogP contribution in [0.25, 0.3) is 0 Å². The van der Waals surface area contributed by atoms with Crippen molar-refractivity contribution in [1.82, 2.24) is 15.5 Å². The minimum atomic E-state index is 0.320. The van der Waals surface area contributed by atoms with Gasteiger partial charge in [-0.15, -0.1) is 0 Å². The fourth-order valence-electron chi connectivity index (χ4n) is 0.546. The molecule has 1 heterocycles. The summed E-state index contributed by atoms with van der Waals surface area (Å²) in [6.07, 6.45) is 0.589. The molecule has 1 rings (SSSR count). The van der Waals surface area contributed by atoms with Gasteiger partial charge in [0.2, 0.25) is 12.3 Å². The molecule has 0 saturated heterocycles. The number of aryl methyl sites for hydroxylation is 1. The topological polar surface area (TPSA) is 68.0 Å². The van der Waals surface area contributed by atoms with Crippen LogP contribution in [0, 0.1) is 6.92 Å². The summed E-state index contributed by atoms with van der Waals surface area (Å²) < 4.78 is 4.64. The van der Waals surface area contributed by atoms with Crippen LogP contribution in [0.3, 0.4) is 0 Å². The van der Waals surface area contributed by atoms with Gasteiger partial charge < -0.3 is 9.84 Å². The Morgan fingerprint density at radius 1 is 1.80 bits per heavy atom. The number of amides is 1. The molecule has 0 saturated carbocycles. The third-order valence-corrected chi connectivity index (χ3v) is 0.913. The molecule has 0 aromatic carbocycles. The largest absolute Gasteiger partial charge is 0.351 e. The number of nitrogens with one attached hydrogen (secondary N) is 1. The summed E-state index contributed by atoms with van der Waals surface area (Å²) in [4.78, 5) is 13.6. The van der Waals surface area contributed by atoms with Crippen molar-refractivity contribution < 1.29 is 9.32 Å². The number of hydrogen-bond donors (Lipinski definition) is 1. The summed E-state index contributed by atoms with van der Waals surface area (Å²) >= 11 is 0. The zero-order valence-electron chi connectivity index (χ0n) is 5.50. The molecule has 1 aromatic heterocycles. The van der Waals surface area contributed by atoms with E-state index in [4.69, 9.17) is 0 Å². The summed E-state index contributed by atoms with van der Waals surface area (Å²) in [5.41, 5.74) is 0. The van der Waals surface area contributed by atoms with E-state index in [1.807, 2.05) is 0 Å². The quantitative estimate of drug-likeness (QED) is 0.583. The fraction of sp³-hybridized carbons (Fsp3) is 0.400. The van der Waals surface area contributed by atoms with E-state index in [0.717, 1.165) is 0 Å². The second-order valence-electron chi connectivity index (χ2n) is 1.73. The Balaban J connectivity index is 2.49. The van der Waals surface area contributed by atoms with Crippen LogP contribution in [0.5, 0.6) is 0 Å². The summed E-state index contributed by atoms with van der Waals surface area (Å²) in [5.74, 6) is 0.993. The molecule has 0 atom stereocenters. The fourth-order valence-corrected chi connectivity index (χ4v) is 0.546. The molecule has 1 aromatic rings. The lowest BCUT2D eigenvalue weighted by atomic mass is 10.6. The van der Waals surface area contributed by atoms with Crippen molar-refractivity contribution in [3.63, 3.8) is 0 Å². The molecule has 5 heteroatoms. The molecule has 0 aliphatic heterocycles. The zero-order chi connectivity index (χ0) is 7.40. The van der Waals surface area contributed by atoms with Gasteiger partial charge in [0, 0.05) is 6.92 Å². The molecule has 10 heavy (non-hydrogen) atoms. The summed E-state index contributed by atoms with van der Waals surface area (Å²) in [6.45, 7) is 2.01. The zero-order valence-corrected chi connectivity index (χ0v) is 5.50. The van der Waals surface area contributed by atoms with Crippen molar-refractivity contribution >= 4 is 6.41 Å². The molecule has 0 spiro atoms. The lowest BCUT2D eigenvalue weighted by Crippen LogP contribution is -2.10. The van der Waals surface area contributed by atoms with Crippen LogP contribution in [-0.2, 0) is 11.3 Å². The maximum absolute atomic E-state index is 9.79. The van der Waals surface area contributed by atoms with Crippen molar-refractivity contribution in [2.24, 2.45) is 0 Å². The molecule has 0 fully saturated rings. The van der Waals surface area contributed by atoms with Crippen molar-refractivity contribution in [3.05, 3.63) is 11.7 Å². The van der Waals surface area contributed by atoms with Crippen LogP contribution >= 0.6 is 0 Å². The normalized spacial score (nSPS) is 9.30. The smallest absolute Gasteiger partial charge is 0.223 e. The van der Waals surface area contributed by atoms with Gasteiger partial charge in [0.25, 0.3) is 0 Å². The average molecular weight is 141 g/mol. The first kappa shape index (κ1) is 6.73. The molecule has 0 bridgehead atoms. The highest BCUT2D eigenvalue weighted by atomic mass is 16.5. The maximum atomic E-state index is 9.79. The Labute approximate surface area is 57.4 Å². The molecular formula is C5H7N3O2. The first-order valence-electron chi connectivity index (χ1n) is 2.79. The monoisotopic (exact) mass is 141 g/mol. The number of aromatic nitrogens is 2. The van der Waals surface area contributed by atoms with Crippen molar-refractivity contribution in [2.75, 3.05) is 0 Å². The Kier molecular flexibility index (Phi) is 1.99. The molecular weight excluding hydrogens is 134 g/mol. The van der Waals surface area contributed by atoms with E-state index < -0.39 is 0 Å². The van der Waals surface area contributed by atoms with Gasteiger partial charge in [-0.25, -0.2) is 0 Å². The van der Waals surface area contributed by atoms with Crippen LogP contribution in [-0.4, -0.2) is 16.6 Å². The molecule has 0 radical (unpaired) electrons. The van der Waals surface area contributed by atoms with Gasteiger partial charge >= 0.3 is 0 Å². The van der Waals surface area contributed by atoms with Crippen LogP contribution < -0.4 is 5.32 Å². The predicted molar refractivity (Wildman–Crippen MR) is 31.9 cm³/mol. The number of carbonyl (C=O) groups is 1. The molecule has 0 unspecified atom stereocenters.